The Balaban J connectivity index is 1.14. The summed E-state index contributed by atoms with van der Waals surface area (Å²) >= 11 is 0. The van der Waals surface area contributed by atoms with Gasteiger partial charge in [0.05, 0.1) is 26.4 Å². The van der Waals surface area contributed by atoms with E-state index >= 15 is 0 Å². The highest BCUT2D eigenvalue weighted by Crippen LogP contribution is 2.64. The fourth-order valence-corrected chi connectivity index (χ4v) is 11.6. The molecule has 6 aliphatic rings. The third-order valence-corrected chi connectivity index (χ3v) is 13.5. The minimum absolute atomic E-state index is 0.00933. The molecular weight excluding hydrogens is 666 g/mol. The van der Waals surface area contributed by atoms with Crippen LogP contribution in [-0.2, 0) is 74.6 Å². The van der Waals surface area contributed by atoms with Gasteiger partial charge in [-0.2, -0.15) is 0 Å². The molecule has 6 saturated heterocycles. The van der Waals surface area contributed by atoms with E-state index in [9.17, 15) is 9.13 Å². The number of ether oxygens (including phenoxy) is 10. The van der Waals surface area contributed by atoms with E-state index in [-0.39, 0.29) is 26.4 Å². The molecule has 0 aromatic rings. The summed E-state index contributed by atoms with van der Waals surface area (Å²) in [4.78, 5) is 0. The average molecular weight is 717 g/mol. The number of rotatable bonds is 12. The number of hydrogen-bond donors (Lipinski definition) is 0. The molecule has 0 radical (unpaired) electrons. The normalized spacial score (nSPS) is 43.4. The molecule has 0 amide bonds. The Bertz CT molecular complexity index is 1150. The molecule has 2 unspecified atom stereocenters. The number of hydrogen-bond acceptors (Lipinski definition) is 16. The Morgan fingerprint density at radius 3 is 1.15 bits per heavy atom. The van der Waals surface area contributed by atoms with Gasteiger partial charge in [-0.15, -0.1) is 0 Å². The first-order valence-electron chi connectivity index (χ1n) is 16.2. The summed E-state index contributed by atoms with van der Waals surface area (Å²) in [7, 11) is -8.22. The summed E-state index contributed by atoms with van der Waals surface area (Å²) in [5, 5.41) is 0. The van der Waals surface area contributed by atoms with Crippen LogP contribution in [0.5, 0.6) is 0 Å². The van der Waals surface area contributed by atoms with Crippen molar-refractivity contribution in [3.05, 3.63) is 0 Å². The molecule has 0 aliphatic carbocycles. The zero-order valence-electron chi connectivity index (χ0n) is 28.7. The van der Waals surface area contributed by atoms with Gasteiger partial charge >= 0.3 is 15.2 Å². The topological polar surface area (TPSA) is 163 Å². The van der Waals surface area contributed by atoms with Gasteiger partial charge in [0.15, 0.2) is 41.6 Å². The van der Waals surface area contributed by atoms with Crippen molar-refractivity contribution in [1.29, 1.82) is 0 Å². The van der Waals surface area contributed by atoms with Crippen molar-refractivity contribution >= 4 is 15.2 Å². The molecule has 0 spiro atoms. The summed E-state index contributed by atoms with van der Waals surface area (Å²) < 4.78 is 112. The first-order valence-corrected chi connectivity index (χ1v) is 19.7. The second-order valence-electron chi connectivity index (χ2n) is 14.2. The van der Waals surface area contributed by atoms with Crippen molar-refractivity contribution in [2.45, 2.75) is 154 Å². The summed E-state index contributed by atoms with van der Waals surface area (Å²) in [6.45, 7) is 17.1. The van der Waals surface area contributed by atoms with Gasteiger partial charge in [0.25, 0.3) is 0 Å². The smallest absolute Gasteiger partial charge is 0.342 e. The number of fused-ring (bicyclic) bond motifs is 6. The van der Waals surface area contributed by atoms with Crippen LogP contribution in [0.15, 0.2) is 0 Å². The lowest BCUT2D eigenvalue weighted by Gasteiger charge is -2.38. The van der Waals surface area contributed by atoms with Gasteiger partial charge in [-0.3, -0.25) is 9.13 Å². The highest BCUT2D eigenvalue weighted by Gasteiger charge is 2.62. The zero-order chi connectivity index (χ0) is 34.2. The lowest BCUT2D eigenvalue weighted by atomic mass is 9.99. The van der Waals surface area contributed by atoms with Gasteiger partial charge in [-0.05, 0) is 69.2 Å². The van der Waals surface area contributed by atoms with E-state index in [2.05, 4.69) is 0 Å². The SMILES string of the molecule is CCOP(=O)(CP(=O)(OCC)OC[C@H]1O[C@@H]2OC(C)(C)O[C@@H]2[C@H]2OC(C)(C)O[C@H]21)OC[C@H]1O[C@@H]2OC(C)(C)O[C@@H]2[C@H]2OC(C)(C)O[C@H]21. The van der Waals surface area contributed by atoms with Crippen molar-refractivity contribution in [3.8, 4) is 0 Å². The minimum atomic E-state index is -4.11. The third-order valence-electron chi connectivity index (χ3n) is 8.37. The van der Waals surface area contributed by atoms with Crippen molar-refractivity contribution in [3.63, 3.8) is 0 Å². The molecule has 6 rings (SSSR count). The predicted octanol–water partition coefficient (Wildman–Crippen LogP) is 4.23. The zero-order valence-corrected chi connectivity index (χ0v) is 30.5. The van der Waals surface area contributed by atoms with Crippen molar-refractivity contribution in [2.24, 2.45) is 0 Å². The van der Waals surface area contributed by atoms with E-state index in [1.54, 1.807) is 69.2 Å². The predicted molar refractivity (Wildman–Crippen MR) is 160 cm³/mol. The van der Waals surface area contributed by atoms with Crippen molar-refractivity contribution in [1.82, 2.24) is 0 Å². The molecule has 6 heterocycles. The molecular formula is C29H50O16P2. The Morgan fingerprint density at radius 2 is 0.787 bits per heavy atom. The minimum Gasteiger partial charge on any atom is -0.342 e. The van der Waals surface area contributed by atoms with Crippen LogP contribution >= 0.6 is 15.2 Å². The van der Waals surface area contributed by atoms with Gasteiger partial charge in [0, 0.05) is 0 Å². The monoisotopic (exact) mass is 716 g/mol. The Hall–Kier alpha value is -0.100. The van der Waals surface area contributed by atoms with Crippen LogP contribution in [0.4, 0.5) is 0 Å². The average Bonchev–Trinajstić information content (AvgIpc) is 3.63. The fraction of sp³-hybridized carbons (Fsp3) is 1.00. The quantitative estimate of drug-likeness (QED) is 0.264. The van der Waals surface area contributed by atoms with E-state index in [0.29, 0.717) is 0 Å². The van der Waals surface area contributed by atoms with E-state index in [0.717, 1.165) is 0 Å². The highest BCUT2D eigenvalue weighted by atomic mass is 31.2. The second kappa shape index (κ2) is 12.8. The van der Waals surface area contributed by atoms with Crippen LogP contribution in [0.1, 0.15) is 69.2 Å². The lowest BCUT2D eigenvalue weighted by molar-refractivity contribution is -0.239. The molecule has 272 valence electrons. The van der Waals surface area contributed by atoms with Crippen LogP contribution in [0.2, 0.25) is 0 Å². The Labute approximate surface area is 275 Å². The first kappa shape index (κ1) is 36.7. The molecule has 16 nitrogen and oxygen atoms in total. The summed E-state index contributed by atoms with van der Waals surface area (Å²) in [5.74, 6) is -4.34. The Morgan fingerprint density at radius 1 is 0.468 bits per heavy atom. The molecule has 6 aliphatic heterocycles. The van der Waals surface area contributed by atoms with Crippen LogP contribution in [0.3, 0.4) is 0 Å². The summed E-state index contributed by atoms with van der Waals surface area (Å²) in [5.41, 5.74) is 0. The van der Waals surface area contributed by atoms with E-state index in [1.165, 1.54) is 0 Å². The van der Waals surface area contributed by atoms with Gasteiger partial charge < -0.3 is 65.5 Å². The molecule has 0 aromatic heterocycles. The maximum atomic E-state index is 14.2. The first-order chi connectivity index (χ1) is 21.7. The van der Waals surface area contributed by atoms with Crippen LogP contribution in [0.25, 0.3) is 0 Å². The van der Waals surface area contributed by atoms with Crippen LogP contribution in [-0.4, -0.2) is 117 Å². The van der Waals surface area contributed by atoms with Crippen molar-refractivity contribution < 1.29 is 74.6 Å². The summed E-state index contributed by atoms with van der Waals surface area (Å²) in [6, 6.07) is 0. The molecule has 12 atom stereocenters. The van der Waals surface area contributed by atoms with E-state index in [4.69, 9.17) is 65.5 Å². The van der Waals surface area contributed by atoms with Gasteiger partial charge in [0.2, 0.25) is 0 Å². The summed E-state index contributed by atoms with van der Waals surface area (Å²) in [6.07, 6.45) is -6.49. The molecule has 0 saturated carbocycles. The van der Waals surface area contributed by atoms with Gasteiger partial charge in [0.1, 0.15) is 48.8 Å². The van der Waals surface area contributed by atoms with Crippen LogP contribution < -0.4 is 0 Å². The molecule has 0 bridgehead atoms. The lowest BCUT2D eigenvalue weighted by Crippen LogP contribution is -2.56. The largest absolute Gasteiger partial charge is 0.342 e. The highest BCUT2D eigenvalue weighted by molar-refractivity contribution is 7.71. The third kappa shape index (κ3) is 7.89. The van der Waals surface area contributed by atoms with Crippen LogP contribution in [0, 0.1) is 0 Å². The molecule has 0 N–H and O–H groups in total. The molecule has 0 aromatic carbocycles. The van der Waals surface area contributed by atoms with Gasteiger partial charge in [-0.25, -0.2) is 0 Å². The fourth-order valence-electron chi connectivity index (χ4n) is 6.87. The standard InChI is InChI=1S/C29H50O16P2/c1-11-32-46(30,34-13-16-18-20(40-26(3,4)38-18)22-24(36-16)44-28(7,8)42-22)15-47(31,33-12-2)35-14-17-19-21(41-27(5,6)39-19)23-25(37-17)45-29(9,10)43-23/h16-25H,11-15H2,1-10H3/t16-,17-,18+,19+,20+,21+,22-,23-,24-,25-,46?,47?/m1/s1. The maximum absolute atomic E-state index is 14.2. The van der Waals surface area contributed by atoms with Crippen molar-refractivity contribution in [2.75, 3.05) is 32.3 Å². The molecule has 6 fully saturated rings. The second-order valence-corrected chi connectivity index (χ2v) is 18.8. The maximum Gasteiger partial charge on any atom is 0.342 e. The molecule has 47 heavy (non-hydrogen) atoms. The van der Waals surface area contributed by atoms with E-state index in [1.807, 2.05) is 0 Å². The molecule has 18 heteroatoms. The van der Waals surface area contributed by atoms with Gasteiger partial charge in [-0.1, -0.05) is 0 Å². The van der Waals surface area contributed by atoms with E-state index < -0.39 is 106 Å². The Kier molecular flexibility index (Phi) is 10.0.